The number of nitrogens with one attached hydrogen (secondary N) is 1. The summed E-state index contributed by atoms with van der Waals surface area (Å²) < 4.78 is 37.3. The summed E-state index contributed by atoms with van der Waals surface area (Å²) in [5, 5.41) is 3.33. The van der Waals surface area contributed by atoms with Gasteiger partial charge in [-0.25, -0.2) is 0 Å². The van der Waals surface area contributed by atoms with Crippen LogP contribution >= 0.6 is 11.6 Å². The lowest BCUT2D eigenvalue weighted by atomic mass is 9.88. The van der Waals surface area contributed by atoms with Gasteiger partial charge in [-0.1, -0.05) is 25.0 Å². The van der Waals surface area contributed by atoms with Crippen molar-refractivity contribution in [3.8, 4) is 0 Å². The van der Waals surface area contributed by atoms with Gasteiger partial charge in [-0.3, -0.25) is 0 Å². The molecule has 0 atom stereocenters. The lowest BCUT2D eigenvalue weighted by Crippen LogP contribution is -2.33. The molecule has 0 aromatic heterocycles. The highest BCUT2D eigenvalue weighted by molar-refractivity contribution is 6.18. The summed E-state index contributed by atoms with van der Waals surface area (Å²) >= 11 is 6.05. The fraction of sp³-hybridized carbons (Fsp3) is 0.600. The van der Waals surface area contributed by atoms with E-state index in [0.29, 0.717) is 12.4 Å². The highest BCUT2D eigenvalue weighted by Crippen LogP contribution is 2.38. The first-order valence-corrected chi connectivity index (χ1v) is 7.41. The Morgan fingerprint density at radius 1 is 1.10 bits per heavy atom. The van der Waals surface area contributed by atoms with E-state index in [1.54, 1.807) is 0 Å². The molecule has 0 bridgehead atoms. The van der Waals surface area contributed by atoms with Gasteiger partial charge in [-0.05, 0) is 36.0 Å². The van der Waals surface area contributed by atoms with Crippen LogP contribution in [0.1, 0.15) is 36.8 Å². The van der Waals surface area contributed by atoms with Crippen LogP contribution in [0.4, 0.5) is 13.2 Å². The third-order valence-electron chi connectivity index (χ3n) is 4.06. The molecule has 1 aliphatic rings. The third-order valence-corrected chi connectivity index (χ3v) is 4.63. The van der Waals surface area contributed by atoms with E-state index >= 15 is 0 Å². The Bertz CT molecular complexity index is 422. The summed E-state index contributed by atoms with van der Waals surface area (Å²) in [4.78, 5) is 0. The van der Waals surface area contributed by atoms with Gasteiger partial charge in [0.2, 0.25) is 0 Å². The van der Waals surface area contributed by atoms with Gasteiger partial charge in [0.05, 0.1) is 5.56 Å². The summed E-state index contributed by atoms with van der Waals surface area (Å²) in [5.41, 5.74) is 0.433. The van der Waals surface area contributed by atoms with Crippen molar-refractivity contribution in [1.29, 1.82) is 0 Å². The summed E-state index contributed by atoms with van der Waals surface area (Å²) in [6.07, 6.45) is 0.439. The second-order valence-corrected chi connectivity index (χ2v) is 5.91. The number of halogens is 4. The molecule has 1 N–H and O–H groups in total. The van der Waals surface area contributed by atoms with E-state index in [-0.39, 0.29) is 5.41 Å². The zero-order valence-corrected chi connectivity index (χ0v) is 12.0. The van der Waals surface area contributed by atoms with Crippen molar-refractivity contribution in [1.82, 2.24) is 5.32 Å². The van der Waals surface area contributed by atoms with E-state index < -0.39 is 11.7 Å². The average molecular weight is 306 g/mol. The Morgan fingerprint density at radius 2 is 1.70 bits per heavy atom. The topological polar surface area (TPSA) is 12.0 Å². The van der Waals surface area contributed by atoms with E-state index in [1.165, 1.54) is 25.0 Å². The minimum absolute atomic E-state index is 0.174. The van der Waals surface area contributed by atoms with Gasteiger partial charge in [0.15, 0.2) is 0 Å². The van der Waals surface area contributed by atoms with Gasteiger partial charge in [-0.2, -0.15) is 13.2 Å². The second-order valence-electron chi connectivity index (χ2n) is 5.64. The summed E-state index contributed by atoms with van der Waals surface area (Å²) in [6.45, 7) is 1.41. The van der Waals surface area contributed by atoms with Gasteiger partial charge in [0, 0.05) is 19.0 Å². The van der Waals surface area contributed by atoms with Crippen LogP contribution in [0.2, 0.25) is 0 Å². The zero-order valence-electron chi connectivity index (χ0n) is 11.3. The van der Waals surface area contributed by atoms with Crippen LogP contribution in [0.15, 0.2) is 24.3 Å². The van der Waals surface area contributed by atoms with Crippen molar-refractivity contribution in [2.75, 3.05) is 12.4 Å². The first kappa shape index (κ1) is 15.6. The van der Waals surface area contributed by atoms with Crippen molar-refractivity contribution in [3.05, 3.63) is 35.4 Å². The Labute approximate surface area is 122 Å². The van der Waals surface area contributed by atoms with Crippen LogP contribution in [0.3, 0.4) is 0 Å². The first-order valence-electron chi connectivity index (χ1n) is 6.88. The molecule has 20 heavy (non-hydrogen) atoms. The molecule has 5 heteroatoms. The van der Waals surface area contributed by atoms with E-state index in [0.717, 1.165) is 37.1 Å². The Kier molecular flexibility index (Phi) is 4.97. The van der Waals surface area contributed by atoms with E-state index in [1.807, 2.05) is 0 Å². The average Bonchev–Trinajstić information content (AvgIpc) is 2.88. The molecule has 0 unspecified atom stereocenters. The smallest absolute Gasteiger partial charge is 0.312 e. The molecule has 1 aromatic carbocycles. The number of alkyl halides is 4. The number of benzene rings is 1. The molecule has 0 heterocycles. The Morgan fingerprint density at radius 3 is 2.20 bits per heavy atom. The first-order chi connectivity index (χ1) is 9.45. The van der Waals surface area contributed by atoms with Crippen LogP contribution in [0, 0.1) is 5.41 Å². The molecule has 0 radical (unpaired) electrons. The molecule has 0 amide bonds. The highest BCUT2D eigenvalue weighted by Gasteiger charge is 2.32. The molecule has 0 spiro atoms. The monoisotopic (exact) mass is 305 g/mol. The molecular formula is C15H19ClF3N. The molecule has 0 saturated heterocycles. The Hall–Kier alpha value is -0.740. The Balaban J connectivity index is 1.85. The molecule has 112 valence electrons. The predicted octanol–water partition coefficient (Wildman–Crippen LogP) is 4.59. The third kappa shape index (κ3) is 3.89. The maximum absolute atomic E-state index is 12.4. The van der Waals surface area contributed by atoms with Crippen LogP contribution in [0.5, 0.6) is 0 Å². The van der Waals surface area contributed by atoms with Gasteiger partial charge in [0.1, 0.15) is 0 Å². The van der Waals surface area contributed by atoms with Crippen LogP contribution < -0.4 is 5.32 Å². The maximum Gasteiger partial charge on any atom is 0.416 e. The predicted molar refractivity (Wildman–Crippen MR) is 74.8 cm³/mol. The van der Waals surface area contributed by atoms with E-state index in [4.69, 9.17) is 11.6 Å². The summed E-state index contributed by atoms with van der Waals surface area (Å²) in [6, 6.07) is 5.31. The molecule has 1 fully saturated rings. The number of hydrogen-bond donors (Lipinski definition) is 1. The van der Waals surface area contributed by atoms with Crippen molar-refractivity contribution in [2.45, 2.75) is 38.4 Å². The van der Waals surface area contributed by atoms with E-state index in [9.17, 15) is 13.2 Å². The van der Waals surface area contributed by atoms with Crippen molar-refractivity contribution < 1.29 is 13.2 Å². The lowest BCUT2D eigenvalue weighted by Gasteiger charge is -2.26. The molecule has 1 saturated carbocycles. The number of hydrogen-bond acceptors (Lipinski definition) is 1. The van der Waals surface area contributed by atoms with Crippen LogP contribution in [-0.2, 0) is 12.7 Å². The normalized spacial score (nSPS) is 18.4. The number of rotatable bonds is 5. The molecular weight excluding hydrogens is 287 g/mol. The molecule has 1 nitrogen and oxygen atoms in total. The van der Waals surface area contributed by atoms with Gasteiger partial charge >= 0.3 is 6.18 Å². The SMILES string of the molecule is FC(F)(F)c1ccc(CNCC2(CCl)CCCC2)cc1. The standard InChI is InChI=1S/C15H19ClF3N/c16-10-14(7-1-2-8-14)11-20-9-12-3-5-13(6-4-12)15(17,18)19/h3-6,20H,1-2,7-11H2. The van der Waals surface area contributed by atoms with Gasteiger partial charge in [0.25, 0.3) is 0 Å². The molecule has 1 aromatic rings. The largest absolute Gasteiger partial charge is 0.416 e. The molecule has 1 aliphatic carbocycles. The quantitative estimate of drug-likeness (QED) is 0.784. The summed E-state index contributed by atoms with van der Waals surface area (Å²) in [5.74, 6) is 0.646. The second kappa shape index (κ2) is 6.35. The molecule has 0 aliphatic heterocycles. The van der Waals surface area contributed by atoms with E-state index in [2.05, 4.69) is 5.32 Å². The van der Waals surface area contributed by atoms with Crippen molar-refractivity contribution in [2.24, 2.45) is 5.41 Å². The van der Waals surface area contributed by atoms with Crippen molar-refractivity contribution >= 4 is 11.6 Å². The molecule has 2 rings (SSSR count). The minimum atomic E-state index is -4.27. The van der Waals surface area contributed by atoms with Gasteiger partial charge < -0.3 is 5.32 Å². The fourth-order valence-electron chi connectivity index (χ4n) is 2.77. The minimum Gasteiger partial charge on any atom is -0.312 e. The van der Waals surface area contributed by atoms with Crippen molar-refractivity contribution in [3.63, 3.8) is 0 Å². The summed E-state index contributed by atoms with van der Waals surface area (Å²) in [7, 11) is 0. The highest BCUT2D eigenvalue weighted by atomic mass is 35.5. The van der Waals surface area contributed by atoms with Gasteiger partial charge in [-0.15, -0.1) is 11.6 Å². The fourth-order valence-corrected chi connectivity index (χ4v) is 3.13. The van der Waals surface area contributed by atoms with Crippen LogP contribution in [-0.4, -0.2) is 12.4 Å². The zero-order chi connectivity index (χ0) is 14.6. The van der Waals surface area contributed by atoms with Crippen LogP contribution in [0.25, 0.3) is 0 Å². The lowest BCUT2D eigenvalue weighted by molar-refractivity contribution is -0.137. The maximum atomic E-state index is 12.4.